The van der Waals surface area contributed by atoms with Gasteiger partial charge >= 0.3 is 0 Å². The van der Waals surface area contributed by atoms with Crippen molar-refractivity contribution < 1.29 is 9.59 Å². The second kappa shape index (κ2) is 6.54. The van der Waals surface area contributed by atoms with E-state index in [1.807, 2.05) is 32.0 Å². The molecule has 96 valence electrons. The Labute approximate surface area is 106 Å². The summed E-state index contributed by atoms with van der Waals surface area (Å²) in [5.41, 5.74) is 5.69. The van der Waals surface area contributed by atoms with E-state index < -0.39 is 0 Å². The fourth-order valence-corrected chi connectivity index (χ4v) is 1.49. The van der Waals surface area contributed by atoms with Crippen molar-refractivity contribution in [3.8, 4) is 0 Å². The van der Waals surface area contributed by atoms with E-state index in [0.29, 0.717) is 12.1 Å². The number of aryl methyl sites for hydroxylation is 1. The highest BCUT2D eigenvalue weighted by Crippen LogP contribution is 2.17. The molecule has 0 aliphatic carbocycles. The smallest absolute Gasteiger partial charge is 0.230 e. The van der Waals surface area contributed by atoms with E-state index in [1.165, 1.54) is 0 Å². The Morgan fingerprint density at radius 1 is 1.39 bits per heavy atom. The van der Waals surface area contributed by atoms with Crippen LogP contribution in [-0.2, 0) is 9.59 Å². The van der Waals surface area contributed by atoms with E-state index in [0.717, 1.165) is 16.8 Å². The van der Waals surface area contributed by atoms with Crippen LogP contribution in [0.1, 0.15) is 24.5 Å². The molecule has 1 aromatic rings. The topological polar surface area (TPSA) is 70.6 Å². The minimum Gasteiger partial charge on any atom is -0.326 e. The third kappa shape index (κ3) is 4.01. The molecule has 5 nitrogen and oxygen atoms in total. The third-order valence-corrected chi connectivity index (χ3v) is 2.60. The molecule has 0 saturated carbocycles. The highest BCUT2D eigenvalue weighted by atomic mass is 16.1. The highest BCUT2D eigenvalue weighted by Gasteiger charge is 2.07. The first-order valence-corrected chi connectivity index (χ1v) is 5.63. The first-order chi connectivity index (χ1) is 8.54. The Morgan fingerprint density at radius 2 is 2.11 bits per heavy atom. The van der Waals surface area contributed by atoms with Crippen molar-refractivity contribution in [1.29, 1.82) is 0 Å². The van der Waals surface area contributed by atoms with Crippen LogP contribution in [0.25, 0.3) is 0 Å². The van der Waals surface area contributed by atoms with Gasteiger partial charge in [0.05, 0.1) is 6.42 Å². The van der Waals surface area contributed by atoms with Crippen LogP contribution in [0.4, 0.5) is 5.69 Å². The summed E-state index contributed by atoms with van der Waals surface area (Å²) < 4.78 is 0. The highest BCUT2D eigenvalue weighted by molar-refractivity contribution is 6.05. The van der Waals surface area contributed by atoms with Crippen molar-refractivity contribution in [2.75, 3.05) is 5.32 Å². The largest absolute Gasteiger partial charge is 0.326 e. The van der Waals surface area contributed by atoms with E-state index in [9.17, 15) is 9.59 Å². The average Bonchev–Trinajstić information content (AvgIpc) is 2.32. The first-order valence-electron chi connectivity index (χ1n) is 5.63. The summed E-state index contributed by atoms with van der Waals surface area (Å²) in [7, 11) is 0. The lowest BCUT2D eigenvalue weighted by atomic mass is 10.1. The number of hydrogen-bond acceptors (Lipinski definition) is 3. The van der Waals surface area contributed by atoms with Crippen LogP contribution in [0.15, 0.2) is 23.3 Å². The van der Waals surface area contributed by atoms with Gasteiger partial charge in [-0.15, -0.1) is 0 Å². The lowest BCUT2D eigenvalue weighted by Gasteiger charge is -2.10. The average molecular weight is 247 g/mol. The molecule has 0 aliphatic heterocycles. The maximum absolute atomic E-state index is 11.7. The monoisotopic (exact) mass is 247 g/mol. The van der Waals surface area contributed by atoms with Crippen molar-refractivity contribution in [3.63, 3.8) is 0 Å². The Hall–Kier alpha value is -2.17. The maximum Gasteiger partial charge on any atom is 0.230 e. The summed E-state index contributed by atoms with van der Waals surface area (Å²) in [6.45, 7) is 5.63. The number of nitrogens with one attached hydrogen (secondary N) is 2. The summed E-state index contributed by atoms with van der Waals surface area (Å²) in [5, 5.41) is 6.52. The van der Waals surface area contributed by atoms with Gasteiger partial charge in [0.25, 0.3) is 0 Å². The van der Waals surface area contributed by atoms with Crippen molar-refractivity contribution >= 4 is 23.7 Å². The Morgan fingerprint density at radius 3 is 2.78 bits per heavy atom. The van der Waals surface area contributed by atoms with Crippen LogP contribution < -0.4 is 10.7 Å². The summed E-state index contributed by atoms with van der Waals surface area (Å²) in [4.78, 5) is 21.8. The van der Waals surface area contributed by atoms with E-state index in [-0.39, 0.29) is 12.3 Å². The molecule has 0 fully saturated rings. The van der Waals surface area contributed by atoms with Crippen molar-refractivity contribution in [2.45, 2.75) is 27.2 Å². The Bertz CT molecular complexity index is 481. The Balaban J connectivity index is 2.65. The predicted molar refractivity (Wildman–Crippen MR) is 71.5 cm³/mol. The molecule has 0 aromatic heterocycles. The number of hydrogen-bond donors (Lipinski definition) is 2. The van der Waals surface area contributed by atoms with Gasteiger partial charge in [-0.2, -0.15) is 5.10 Å². The van der Waals surface area contributed by atoms with Gasteiger partial charge in [-0.25, -0.2) is 5.43 Å². The van der Waals surface area contributed by atoms with Crippen LogP contribution in [0.2, 0.25) is 0 Å². The SMILES string of the molecule is CC(CC(=O)Nc1cccc(C)c1C)=NNC=O. The number of carbonyl (C=O) groups is 2. The van der Waals surface area contributed by atoms with E-state index in [4.69, 9.17) is 0 Å². The lowest BCUT2D eigenvalue weighted by Crippen LogP contribution is -2.17. The number of nitrogens with zero attached hydrogens (tertiary/aromatic N) is 1. The van der Waals surface area contributed by atoms with Gasteiger partial charge < -0.3 is 5.32 Å². The number of anilines is 1. The summed E-state index contributed by atoms with van der Waals surface area (Å²) >= 11 is 0. The number of hydrazone groups is 1. The molecule has 0 bridgehead atoms. The van der Waals surface area contributed by atoms with Gasteiger partial charge in [-0.1, -0.05) is 12.1 Å². The molecule has 0 aliphatic rings. The predicted octanol–water partition coefficient (Wildman–Crippen LogP) is 1.75. The van der Waals surface area contributed by atoms with E-state index in [1.54, 1.807) is 6.92 Å². The molecule has 5 heteroatoms. The second-order valence-corrected chi connectivity index (χ2v) is 4.07. The quantitative estimate of drug-likeness (QED) is 0.473. The molecule has 0 radical (unpaired) electrons. The molecule has 2 N–H and O–H groups in total. The van der Waals surface area contributed by atoms with Gasteiger partial charge in [0.2, 0.25) is 12.3 Å². The number of benzene rings is 1. The van der Waals surface area contributed by atoms with Crippen molar-refractivity contribution in [1.82, 2.24) is 5.43 Å². The molecule has 1 rings (SSSR count). The molecule has 0 heterocycles. The van der Waals surface area contributed by atoms with Crippen LogP contribution in [-0.4, -0.2) is 18.0 Å². The minimum atomic E-state index is -0.155. The normalized spacial score (nSPS) is 10.9. The van der Waals surface area contributed by atoms with Crippen LogP contribution >= 0.6 is 0 Å². The number of carbonyl (C=O) groups excluding carboxylic acids is 2. The molecular formula is C13H17N3O2. The van der Waals surface area contributed by atoms with Gasteiger partial charge in [-0.05, 0) is 38.0 Å². The molecule has 0 atom stereocenters. The van der Waals surface area contributed by atoms with Gasteiger partial charge in [0.15, 0.2) is 0 Å². The number of rotatable bonds is 5. The molecule has 1 aromatic carbocycles. The molecule has 0 spiro atoms. The van der Waals surface area contributed by atoms with Gasteiger partial charge in [-0.3, -0.25) is 9.59 Å². The molecular weight excluding hydrogens is 230 g/mol. The maximum atomic E-state index is 11.7. The standard InChI is InChI=1S/C13H17N3O2/c1-9-5-4-6-12(11(9)3)15-13(18)7-10(2)16-14-8-17/h4-6,8H,7H2,1-3H3,(H,14,17)(H,15,18). The van der Waals surface area contributed by atoms with E-state index in [2.05, 4.69) is 15.8 Å². The van der Waals surface area contributed by atoms with Crippen LogP contribution in [0, 0.1) is 13.8 Å². The lowest BCUT2D eigenvalue weighted by molar-refractivity contribution is -0.115. The molecule has 2 amide bonds. The summed E-state index contributed by atoms with van der Waals surface area (Å²) in [6, 6.07) is 5.74. The zero-order valence-corrected chi connectivity index (χ0v) is 10.8. The fraction of sp³-hybridized carbons (Fsp3) is 0.308. The Kier molecular flexibility index (Phi) is 5.05. The summed E-state index contributed by atoms with van der Waals surface area (Å²) in [5.74, 6) is -0.155. The van der Waals surface area contributed by atoms with Gasteiger partial charge in [0, 0.05) is 11.4 Å². The van der Waals surface area contributed by atoms with Crippen LogP contribution in [0.5, 0.6) is 0 Å². The molecule has 0 saturated heterocycles. The first kappa shape index (κ1) is 13.9. The summed E-state index contributed by atoms with van der Waals surface area (Å²) in [6.07, 6.45) is 0.611. The number of amides is 2. The van der Waals surface area contributed by atoms with Crippen molar-refractivity contribution in [3.05, 3.63) is 29.3 Å². The fourth-order valence-electron chi connectivity index (χ4n) is 1.49. The van der Waals surface area contributed by atoms with Crippen LogP contribution in [0.3, 0.4) is 0 Å². The molecule has 18 heavy (non-hydrogen) atoms. The molecule has 0 unspecified atom stereocenters. The van der Waals surface area contributed by atoms with E-state index >= 15 is 0 Å². The zero-order chi connectivity index (χ0) is 13.5. The third-order valence-electron chi connectivity index (χ3n) is 2.60. The minimum absolute atomic E-state index is 0.147. The van der Waals surface area contributed by atoms with Crippen molar-refractivity contribution in [2.24, 2.45) is 5.10 Å². The zero-order valence-electron chi connectivity index (χ0n) is 10.8. The second-order valence-electron chi connectivity index (χ2n) is 4.07. The van der Waals surface area contributed by atoms with Gasteiger partial charge in [0.1, 0.15) is 0 Å².